The average Bonchev–Trinajstić information content (AvgIpc) is 2.01. The zero-order valence-corrected chi connectivity index (χ0v) is 9.09. The van der Waals surface area contributed by atoms with Crippen molar-refractivity contribution in [2.24, 2.45) is 11.7 Å². The van der Waals surface area contributed by atoms with Gasteiger partial charge in [-0.3, -0.25) is 10.5 Å². The fraction of sp³-hybridized carbons (Fsp3) is 0.900. The first kappa shape index (κ1) is 12.4. The van der Waals surface area contributed by atoms with E-state index in [1.165, 1.54) is 0 Å². The van der Waals surface area contributed by atoms with Gasteiger partial charge in [-0.05, 0) is 13.3 Å². The lowest BCUT2D eigenvalue weighted by Crippen LogP contribution is -2.42. The van der Waals surface area contributed by atoms with Gasteiger partial charge in [-0.2, -0.15) is 0 Å². The summed E-state index contributed by atoms with van der Waals surface area (Å²) >= 11 is 0. The van der Waals surface area contributed by atoms with E-state index in [0.717, 1.165) is 12.8 Å². The topological polar surface area (TPSA) is 52.3 Å². The van der Waals surface area contributed by atoms with Gasteiger partial charge in [0, 0.05) is 6.42 Å². The van der Waals surface area contributed by atoms with Crippen LogP contribution in [-0.2, 0) is 9.53 Å². The molecule has 0 aliphatic rings. The SMILES string of the molecule is CCCC(C)(N)OC(=O)C(C)CC. The predicted molar refractivity (Wildman–Crippen MR) is 53.0 cm³/mol. The van der Waals surface area contributed by atoms with Gasteiger partial charge >= 0.3 is 5.97 Å². The molecular formula is C10H21NO2. The highest BCUT2D eigenvalue weighted by Crippen LogP contribution is 2.14. The molecule has 0 rings (SSSR count). The highest BCUT2D eigenvalue weighted by molar-refractivity contribution is 5.72. The molecule has 0 spiro atoms. The summed E-state index contributed by atoms with van der Waals surface area (Å²) in [5, 5.41) is 0. The molecule has 0 aromatic carbocycles. The maximum absolute atomic E-state index is 11.4. The van der Waals surface area contributed by atoms with Crippen LogP contribution in [0.15, 0.2) is 0 Å². The summed E-state index contributed by atoms with van der Waals surface area (Å²) < 4.78 is 5.17. The van der Waals surface area contributed by atoms with E-state index >= 15 is 0 Å². The first-order valence-corrected chi connectivity index (χ1v) is 4.94. The maximum Gasteiger partial charge on any atom is 0.310 e. The van der Waals surface area contributed by atoms with E-state index in [1.54, 1.807) is 6.92 Å². The number of hydrogen-bond acceptors (Lipinski definition) is 3. The van der Waals surface area contributed by atoms with Crippen molar-refractivity contribution in [3.63, 3.8) is 0 Å². The first-order chi connectivity index (χ1) is 5.93. The zero-order valence-electron chi connectivity index (χ0n) is 9.09. The summed E-state index contributed by atoms with van der Waals surface area (Å²) in [5.41, 5.74) is 4.98. The fourth-order valence-corrected chi connectivity index (χ4v) is 1.04. The largest absolute Gasteiger partial charge is 0.444 e. The van der Waals surface area contributed by atoms with Crippen molar-refractivity contribution >= 4 is 5.97 Å². The molecule has 13 heavy (non-hydrogen) atoms. The second kappa shape index (κ2) is 5.22. The Kier molecular flexibility index (Phi) is 4.99. The highest BCUT2D eigenvalue weighted by Gasteiger charge is 2.24. The summed E-state index contributed by atoms with van der Waals surface area (Å²) in [7, 11) is 0. The molecule has 0 radical (unpaired) electrons. The minimum atomic E-state index is -0.796. The van der Waals surface area contributed by atoms with Gasteiger partial charge in [-0.25, -0.2) is 0 Å². The van der Waals surface area contributed by atoms with E-state index in [9.17, 15) is 4.79 Å². The van der Waals surface area contributed by atoms with Crippen LogP contribution >= 0.6 is 0 Å². The molecule has 0 bridgehead atoms. The number of rotatable bonds is 5. The molecule has 0 aromatic rings. The van der Waals surface area contributed by atoms with Crippen molar-refractivity contribution in [3.8, 4) is 0 Å². The van der Waals surface area contributed by atoms with Crippen LogP contribution in [0, 0.1) is 5.92 Å². The number of carbonyl (C=O) groups excluding carboxylic acids is 1. The summed E-state index contributed by atoms with van der Waals surface area (Å²) in [6.07, 6.45) is 2.41. The van der Waals surface area contributed by atoms with Crippen molar-refractivity contribution in [2.75, 3.05) is 0 Å². The third-order valence-electron chi connectivity index (χ3n) is 2.09. The van der Waals surface area contributed by atoms with E-state index in [-0.39, 0.29) is 11.9 Å². The maximum atomic E-state index is 11.4. The Morgan fingerprint density at radius 1 is 1.54 bits per heavy atom. The molecule has 78 valence electrons. The molecule has 0 saturated heterocycles. The van der Waals surface area contributed by atoms with E-state index in [0.29, 0.717) is 6.42 Å². The van der Waals surface area contributed by atoms with E-state index in [1.807, 2.05) is 20.8 Å². The molecule has 3 nitrogen and oxygen atoms in total. The summed E-state index contributed by atoms with van der Waals surface area (Å²) in [6, 6.07) is 0. The lowest BCUT2D eigenvalue weighted by atomic mass is 10.1. The Morgan fingerprint density at radius 3 is 2.46 bits per heavy atom. The molecule has 2 unspecified atom stereocenters. The number of esters is 1. The van der Waals surface area contributed by atoms with E-state index in [2.05, 4.69) is 0 Å². The van der Waals surface area contributed by atoms with Gasteiger partial charge in [-0.1, -0.05) is 27.2 Å². The Morgan fingerprint density at radius 2 is 2.08 bits per heavy atom. The molecule has 0 aliphatic heterocycles. The van der Waals surface area contributed by atoms with Gasteiger partial charge in [0.1, 0.15) is 0 Å². The first-order valence-electron chi connectivity index (χ1n) is 4.94. The normalized spacial score (nSPS) is 17.6. The van der Waals surface area contributed by atoms with Gasteiger partial charge in [0.25, 0.3) is 0 Å². The number of ether oxygens (including phenoxy) is 1. The Bertz CT molecular complexity index is 166. The second-order valence-corrected chi connectivity index (χ2v) is 3.79. The smallest absolute Gasteiger partial charge is 0.310 e. The van der Waals surface area contributed by atoms with Gasteiger partial charge < -0.3 is 4.74 Å². The van der Waals surface area contributed by atoms with Crippen LogP contribution in [0.25, 0.3) is 0 Å². The highest BCUT2D eigenvalue weighted by atomic mass is 16.6. The third kappa shape index (κ3) is 4.88. The van der Waals surface area contributed by atoms with Crippen LogP contribution in [0.2, 0.25) is 0 Å². The number of hydrogen-bond donors (Lipinski definition) is 1. The van der Waals surface area contributed by atoms with Gasteiger partial charge in [0.05, 0.1) is 5.92 Å². The van der Waals surface area contributed by atoms with Gasteiger partial charge in [0.2, 0.25) is 0 Å². The molecule has 0 heterocycles. The summed E-state index contributed by atoms with van der Waals surface area (Å²) in [6.45, 7) is 7.57. The Labute approximate surface area is 80.6 Å². The third-order valence-corrected chi connectivity index (χ3v) is 2.09. The zero-order chi connectivity index (χ0) is 10.5. The summed E-state index contributed by atoms with van der Waals surface area (Å²) in [5.74, 6) is -0.249. The van der Waals surface area contributed by atoms with Crippen LogP contribution in [0.5, 0.6) is 0 Å². The molecule has 0 amide bonds. The van der Waals surface area contributed by atoms with Crippen LogP contribution < -0.4 is 5.73 Å². The van der Waals surface area contributed by atoms with Crippen LogP contribution in [-0.4, -0.2) is 11.7 Å². The summed E-state index contributed by atoms with van der Waals surface area (Å²) in [4.78, 5) is 11.4. The molecular weight excluding hydrogens is 166 g/mol. The van der Waals surface area contributed by atoms with E-state index < -0.39 is 5.72 Å². The number of nitrogens with two attached hydrogens (primary N) is 1. The molecule has 0 fully saturated rings. The molecule has 0 aliphatic carbocycles. The quantitative estimate of drug-likeness (QED) is 0.529. The molecule has 0 saturated carbocycles. The second-order valence-electron chi connectivity index (χ2n) is 3.79. The molecule has 2 atom stereocenters. The van der Waals surface area contributed by atoms with Crippen molar-refractivity contribution < 1.29 is 9.53 Å². The minimum absolute atomic E-state index is 0.0558. The molecule has 0 aromatic heterocycles. The Balaban J connectivity index is 4.03. The van der Waals surface area contributed by atoms with Crippen LogP contribution in [0.3, 0.4) is 0 Å². The Hall–Kier alpha value is -0.570. The van der Waals surface area contributed by atoms with Crippen molar-refractivity contribution in [1.29, 1.82) is 0 Å². The average molecular weight is 187 g/mol. The van der Waals surface area contributed by atoms with Crippen LogP contribution in [0.4, 0.5) is 0 Å². The van der Waals surface area contributed by atoms with Crippen molar-refractivity contribution in [3.05, 3.63) is 0 Å². The van der Waals surface area contributed by atoms with Gasteiger partial charge in [-0.15, -0.1) is 0 Å². The molecule has 3 heteroatoms. The fourth-order valence-electron chi connectivity index (χ4n) is 1.04. The van der Waals surface area contributed by atoms with Crippen molar-refractivity contribution in [2.45, 2.75) is 52.7 Å². The lowest BCUT2D eigenvalue weighted by molar-refractivity contribution is -0.162. The number of carbonyl (C=O) groups is 1. The van der Waals surface area contributed by atoms with E-state index in [4.69, 9.17) is 10.5 Å². The molecule has 2 N–H and O–H groups in total. The standard InChI is InChI=1S/C10H21NO2/c1-5-7-10(4,11)13-9(12)8(3)6-2/h8H,5-7,11H2,1-4H3. The van der Waals surface area contributed by atoms with Crippen molar-refractivity contribution in [1.82, 2.24) is 0 Å². The predicted octanol–water partition coefficient (Wildman–Crippen LogP) is 2.05. The minimum Gasteiger partial charge on any atom is -0.444 e. The monoisotopic (exact) mass is 187 g/mol. The van der Waals surface area contributed by atoms with Gasteiger partial charge in [0.15, 0.2) is 5.72 Å². The lowest BCUT2D eigenvalue weighted by Gasteiger charge is -2.25. The van der Waals surface area contributed by atoms with Crippen LogP contribution in [0.1, 0.15) is 47.0 Å².